The summed E-state index contributed by atoms with van der Waals surface area (Å²) in [6, 6.07) is 10.3. The molecule has 0 bridgehead atoms. The molecule has 0 saturated heterocycles. The fourth-order valence-corrected chi connectivity index (χ4v) is 4.30. The lowest BCUT2D eigenvalue weighted by molar-refractivity contribution is 0.0630. The number of hydrogen-bond acceptors (Lipinski definition) is 3. The van der Waals surface area contributed by atoms with Crippen molar-refractivity contribution in [3.8, 4) is 0 Å². The maximum atomic E-state index is 10.3. The zero-order valence-corrected chi connectivity index (χ0v) is 12.4. The van der Waals surface area contributed by atoms with Gasteiger partial charge >= 0.3 is 0 Å². The van der Waals surface area contributed by atoms with Crippen molar-refractivity contribution < 1.29 is 9.84 Å². The zero-order chi connectivity index (χ0) is 13.5. The summed E-state index contributed by atoms with van der Waals surface area (Å²) in [7, 11) is 1.65. The number of rotatable bonds is 6. The summed E-state index contributed by atoms with van der Waals surface area (Å²) in [6.45, 7) is 0.402. The minimum absolute atomic E-state index is 0.129. The van der Waals surface area contributed by atoms with Crippen LogP contribution in [0.25, 0.3) is 0 Å². The average molecular weight is 280 g/mol. The van der Waals surface area contributed by atoms with E-state index in [1.165, 1.54) is 37.7 Å². The third-order valence-corrected chi connectivity index (χ3v) is 5.44. The summed E-state index contributed by atoms with van der Waals surface area (Å²) < 4.78 is 5.13. The van der Waals surface area contributed by atoms with Gasteiger partial charge in [-0.2, -0.15) is 0 Å². The highest BCUT2D eigenvalue weighted by atomic mass is 32.2. The van der Waals surface area contributed by atoms with Crippen LogP contribution in [0.15, 0.2) is 30.3 Å². The Morgan fingerprint density at radius 1 is 1.21 bits per heavy atom. The van der Waals surface area contributed by atoms with Crippen molar-refractivity contribution >= 4 is 11.8 Å². The van der Waals surface area contributed by atoms with E-state index in [-0.39, 0.29) is 5.25 Å². The first-order chi connectivity index (χ1) is 9.31. The van der Waals surface area contributed by atoms with Crippen LogP contribution in [0.2, 0.25) is 0 Å². The number of methoxy groups -OCH3 is 1. The molecule has 0 amide bonds. The highest BCUT2D eigenvalue weighted by Crippen LogP contribution is 2.40. The molecule has 0 heterocycles. The Kier molecular flexibility index (Phi) is 6.21. The first-order valence-electron chi connectivity index (χ1n) is 7.18. The van der Waals surface area contributed by atoms with Gasteiger partial charge in [0.25, 0.3) is 0 Å². The van der Waals surface area contributed by atoms with Gasteiger partial charge in [0.15, 0.2) is 0 Å². The molecular weight excluding hydrogens is 256 g/mol. The van der Waals surface area contributed by atoms with Crippen LogP contribution < -0.4 is 0 Å². The molecule has 0 spiro atoms. The molecule has 2 atom stereocenters. The summed E-state index contributed by atoms with van der Waals surface area (Å²) in [5.41, 5.74) is 1.21. The third-order valence-electron chi connectivity index (χ3n) is 3.71. The smallest absolute Gasteiger partial charge is 0.0932 e. The molecule has 1 aliphatic carbocycles. The largest absolute Gasteiger partial charge is 0.389 e. The van der Waals surface area contributed by atoms with Crippen molar-refractivity contribution in [3.05, 3.63) is 35.9 Å². The summed E-state index contributed by atoms with van der Waals surface area (Å²) >= 11 is 1.94. The molecule has 0 radical (unpaired) electrons. The number of aliphatic hydroxyl groups is 1. The van der Waals surface area contributed by atoms with Gasteiger partial charge in [-0.3, -0.25) is 0 Å². The van der Waals surface area contributed by atoms with Crippen molar-refractivity contribution in [3.63, 3.8) is 0 Å². The van der Waals surface area contributed by atoms with Gasteiger partial charge in [0.1, 0.15) is 0 Å². The molecule has 1 saturated carbocycles. The Morgan fingerprint density at radius 3 is 2.53 bits per heavy atom. The van der Waals surface area contributed by atoms with Crippen LogP contribution >= 0.6 is 11.8 Å². The van der Waals surface area contributed by atoms with Crippen molar-refractivity contribution in [2.24, 2.45) is 0 Å². The van der Waals surface area contributed by atoms with E-state index in [1.807, 2.05) is 30.0 Å². The second kappa shape index (κ2) is 7.93. The summed E-state index contributed by atoms with van der Waals surface area (Å²) in [5.74, 6) is 0. The molecule has 0 unspecified atom stereocenters. The first kappa shape index (κ1) is 14.9. The topological polar surface area (TPSA) is 29.5 Å². The molecule has 3 heteroatoms. The molecule has 1 N–H and O–H groups in total. The van der Waals surface area contributed by atoms with Gasteiger partial charge < -0.3 is 9.84 Å². The number of hydrogen-bond donors (Lipinski definition) is 1. The third kappa shape index (κ3) is 4.51. The minimum Gasteiger partial charge on any atom is -0.389 e. The molecule has 106 valence electrons. The molecular formula is C16H24O2S. The molecule has 0 aliphatic heterocycles. The molecule has 2 nitrogen and oxygen atoms in total. The average Bonchev–Trinajstić information content (AvgIpc) is 2.47. The summed E-state index contributed by atoms with van der Waals surface area (Å²) in [5, 5.41) is 11.2. The predicted octanol–water partition coefficient (Wildman–Crippen LogP) is 3.80. The fourth-order valence-electron chi connectivity index (χ4n) is 2.70. The highest BCUT2D eigenvalue weighted by molar-refractivity contribution is 8.00. The normalized spacial score (nSPS) is 20.1. The van der Waals surface area contributed by atoms with E-state index < -0.39 is 6.10 Å². The molecule has 1 aliphatic rings. The van der Waals surface area contributed by atoms with Gasteiger partial charge in [-0.25, -0.2) is 0 Å². The maximum absolute atomic E-state index is 10.3. The van der Waals surface area contributed by atoms with Crippen LogP contribution in [0, 0.1) is 0 Å². The Balaban J connectivity index is 2.05. The van der Waals surface area contributed by atoms with Gasteiger partial charge in [-0.05, 0) is 18.4 Å². The van der Waals surface area contributed by atoms with Gasteiger partial charge in [0.05, 0.1) is 18.0 Å². The van der Waals surface area contributed by atoms with Gasteiger partial charge in [-0.1, -0.05) is 49.6 Å². The predicted molar refractivity (Wildman–Crippen MR) is 81.5 cm³/mol. The SMILES string of the molecule is COC[C@H](O)[C@H](SC1CCCCC1)c1ccccc1. The molecule has 19 heavy (non-hydrogen) atoms. The lowest BCUT2D eigenvalue weighted by atomic mass is 10.0. The van der Waals surface area contributed by atoms with Gasteiger partial charge in [0.2, 0.25) is 0 Å². The lowest BCUT2D eigenvalue weighted by Gasteiger charge is -2.29. The van der Waals surface area contributed by atoms with Crippen LogP contribution in [0.3, 0.4) is 0 Å². The molecule has 1 aromatic rings. The van der Waals surface area contributed by atoms with Crippen LogP contribution in [-0.2, 0) is 4.74 Å². The van der Waals surface area contributed by atoms with Crippen molar-refractivity contribution in [1.82, 2.24) is 0 Å². The van der Waals surface area contributed by atoms with E-state index in [9.17, 15) is 5.11 Å². The van der Waals surface area contributed by atoms with Crippen molar-refractivity contribution in [1.29, 1.82) is 0 Å². The van der Waals surface area contributed by atoms with E-state index in [2.05, 4.69) is 12.1 Å². The Hall–Kier alpha value is -0.510. The Labute approximate surface area is 120 Å². The molecule has 2 rings (SSSR count). The number of aliphatic hydroxyl groups excluding tert-OH is 1. The van der Waals surface area contributed by atoms with E-state index in [0.29, 0.717) is 11.9 Å². The van der Waals surface area contributed by atoms with Crippen LogP contribution in [0.4, 0.5) is 0 Å². The van der Waals surface area contributed by atoms with Gasteiger partial charge in [-0.15, -0.1) is 11.8 Å². The minimum atomic E-state index is -0.431. The molecule has 1 fully saturated rings. The summed E-state index contributed by atoms with van der Waals surface area (Å²) in [4.78, 5) is 0. The van der Waals surface area contributed by atoms with Gasteiger partial charge in [0, 0.05) is 12.4 Å². The lowest BCUT2D eigenvalue weighted by Crippen LogP contribution is -2.24. The Bertz CT molecular complexity index is 349. The monoisotopic (exact) mass is 280 g/mol. The molecule has 1 aromatic carbocycles. The summed E-state index contributed by atoms with van der Waals surface area (Å²) in [6.07, 6.45) is 6.17. The second-order valence-corrected chi connectivity index (χ2v) is 6.70. The van der Waals surface area contributed by atoms with Crippen LogP contribution in [0.5, 0.6) is 0 Å². The fraction of sp³-hybridized carbons (Fsp3) is 0.625. The Morgan fingerprint density at radius 2 is 1.89 bits per heavy atom. The maximum Gasteiger partial charge on any atom is 0.0932 e. The van der Waals surface area contributed by atoms with Crippen LogP contribution in [-0.4, -0.2) is 30.2 Å². The van der Waals surface area contributed by atoms with Crippen molar-refractivity contribution in [2.75, 3.05) is 13.7 Å². The number of ether oxygens (including phenoxy) is 1. The standard InChI is InChI=1S/C16H24O2S/c1-18-12-15(17)16(13-8-4-2-5-9-13)19-14-10-6-3-7-11-14/h2,4-5,8-9,14-17H,3,6-7,10-12H2,1H3/t15-,16+/m0/s1. The quantitative estimate of drug-likeness (QED) is 0.859. The van der Waals surface area contributed by atoms with E-state index >= 15 is 0 Å². The highest BCUT2D eigenvalue weighted by Gasteiger charge is 2.26. The number of benzene rings is 1. The van der Waals surface area contributed by atoms with Crippen LogP contribution in [0.1, 0.15) is 42.9 Å². The van der Waals surface area contributed by atoms with E-state index in [4.69, 9.17) is 4.74 Å². The number of thioether (sulfide) groups is 1. The van der Waals surface area contributed by atoms with Crippen molar-refractivity contribution in [2.45, 2.75) is 48.7 Å². The first-order valence-corrected chi connectivity index (χ1v) is 8.13. The van der Waals surface area contributed by atoms with E-state index in [1.54, 1.807) is 7.11 Å². The zero-order valence-electron chi connectivity index (χ0n) is 11.6. The second-order valence-electron chi connectivity index (χ2n) is 5.25. The molecule has 0 aromatic heterocycles. The van der Waals surface area contributed by atoms with E-state index in [0.717, 1.165) is 0 Å².